The van der Waals surface area contributed by atoms with Gasteiger partial charge in [-0.2, -0.15) is 0 Å². The minimum absolute atomic E-state index is 0.231. The number of aromatic nitrogens is 2. The van der Waals surface area contributed by atoms with E-state index in [-0.39, 0.29) is 17.9 Å². The normalized spacial score (nSPS) is 17.8. The molecule has 1 atom stereocenters. The van der Waals surface area contributed by atoms with Gasteiger partial charge in [-0.15, -0.1) is 0 Å². The Morgan fingerprint density at radius 1 is 1.06 bits per heavy atom. The maximum absolute atomic E-state index is 13.4. The van der Waals surface area contributed by atoms with E-state index in [1.165, 1.54) is 0 Å². The molecule has 0 spiro atoms. The molecule has 1 saturated carbocycles. The highest BCUT2D eigenvalue weighted by Gasteiger charge is 2.48. The molecule has 0 saturated heterocycles. The number of benzene rings is 3. The monoisotopic (exact) mass is 688 g/mol. The largest absolute Gasteiger partial charge is 0.496 e. The van der Waals surface area contributed by atoms with Gasteiger partial charge >= 0.3 is 0 Å². The van der Waals surface area contributed by atoms with Gasteiger partial charge in [-0.25, -0.2) is 4.98 Å². The Balaban J connectivity index is 1.10. The number of nitrogens with zero attached hydrogens (tertiary/aromatic N) is 3. The fourth-order valence-electron chi connectivity index (χ4n) is 6.92. The van der Waals surface area contributed by atoms with Gasteiger partial charge in [0.1, 0.15) is 17.6 Å². The molecule has 4 aromatic rings. The summed E-state index contributed by atoms with van der Waals surface area (Å²) in [5, 5.41) is 7.18. The van der Waals surface area contributed by atoms with Crippen molar-refractivity contribution >= 4 is 40.7 Å². The number of carbonyl (C=O) groups is 2. The van der Waals surface area contributed by atoms with E-state index < -0.39 is 5.54 Å². The third kappa shape index (κ3) is 5.91. The molecule has 1 aromatic heterocycles. The molecule has 250 valence electrons. The van der Waals surface area contributed by atoms with Crippen LogP contribution in [0.15, 0.2) is 48.5 Å². The molecule has 1 aliphatic heterocycles. The summed E-state index contributed by atoms with van der Waals surface area (Å²) in [6.07, 6.45) is 3.59. The van der Waals surface area contributed by atoms with Gasteiger partial charge in [0.25, 0.3) is 5.91 Å². The maximum atomic E-state index is 13.4. The summed E-state index contributed by atoms with van der Waals surface area (Å²) in [5.74, 6) is 0.851. The van der Waals surface area contributed by atoms with Crippen LogP contribution in [0.1, 0.15) is 64.1 Å². The Kier molecular flexibility index (Phi) is 8.62. The van der Waals surface area contributed by atoms with Crippen LogP contribution in [0.5, 0.6) is 11.5 Å². The lowest BCUT2D eigenvalue weighted by molar-refractivity contribution is -0.121. The smallest absolute Gasteiger partial charge is 0.291 e. The van der Waals surface area contributed by atoms with Crippen LogP contribution in [-0.4, -0.2) is 52.5 Å². The van der Waals surface area contributed by atoms with Crippen molar-refractivity contribution in [2.75, 3.05) is 26.0 Å². The Hall–Kier alpha value is -4.09. The molecule has 3 aliphatic rings. The summed E-state index contributed by atoms with van der Waals surface area (Å²) in [5.41, 5.74) is 12.3. The van der Waals surface area contributed by atoms with Crippen molar-refractivity contribution in [1.82, 2.24) is 19.8 Å². The van der Waals surface area contributed by atoms with Gasteiger partial charge in [0.15, 0.2) is 5.82 Å². The lowest BCUT2D eigenvalue weighted by Gasteiger charge is -2.21. The minimum Gasteiger partial charge on any atom is -0.496 e. The Morgan fingerprint density at radius 3 is 2.58 bits per heavy atom. The van der Waals surface area contributed by atoms with Crippen LogP contribution in [0.4, 0.5) is 5.69 Å². The second-order valence-corrected chi connectivity index (χ2v) is 13.7. The number of nitrogens with one attached hydrogen (secondary N) is 2. The van der Waals surface area contributed by atoms with Gasteiger partial charge in [0.2, 0.25) is 5.91 Å². The molecule has 7 rings (SSSR count). The predicted molar refractivity (Wildman–Crippen MR) is 186 cm³/mol. The summed E-state index contributed by atoms with van der Waals surface area (Å²) in [6, 6.07) is 15.4. The Labute approximate surface area is 289 Å². The standard InChI is InChI=1S/C36H38Cl2N6O4/c1-43-15-12-28-27(19-43)41-33(44(28)2)34(45)42-26-9-5-8-24(32(26)38)21-6-4-7-23-22(21)10-11-29(23)48-31-17-30(47-3)20(16-25(31)37)18-40-36(13-14-36)35(39)46/h4-9,16-17,29,40H,10-15,18-19H2,1-3H3,(H2,39,46)(H,42,45). The Morgan fingerprint density at radius 2 is 1.83 bits per heavy atom. The fraction of sp³-hybridized carbons (Fsp3) is 0.361. The highest BCUT2D eigenvalue weighted by atomic mass is 35.5. The molecule has 2 heterocycles. The predicted octanol–water partition coefficient (Wildman–Crippen LogP) is 5.82. The first-order valence-electron chi connectivity index (χ1n) is 16.1. The van der Waals surface area contributed by atoms with Crippen LogP contribution in [-0.2, 0) is 37.8 Å². The number of likely N-dealkylation sites (N-methyl/N-ethyl adjacent to an activating group) is 1. The van der Waals surface area contributed by atoms with E-state index in [2.05, 4.69) is 33.6 Å². The third-order valence-corrected chi connectivity index (χ3v) is 10.5. The molecule has 1 unspecified atom stereocenters. The second-order valence-electron chi connectivity index (χ2n) is 12.9. The molecule has 48 heavy (non-hydrogen) atoms. The van der Waals surface area contributed by atoms with Crippen molar-refractivity contribution < 1.29 is 19.1 Å². The number of anilines is 1. The van der Waals surface area contributed by atoms with Crippen molar-refractivity contribution in [3.05, 3.63) is 92.5 Å². The molecular weight excluding hydrogens is 651 g/mol. The number of methoxy groups -OCH3 is 1. The van der Waals surface area contributed by atoms with E-state index >= 15 is 0 Å². The van der Waals surface area contributed by atoms with Crippen molar-refractivity contribution in [2.45, 2.75) is 56.8 Å². The van der Waals surface area contributed by atoms with E-state index in [1.807, 2.05) is 48.0 Å². The van der Waals surface area contributed by atoms with Gasteiger partial charge in [-0.1, -0.05) is 53.5 Å². The van der Waals surface area contributed by atoms with Crippen molar-refractivity contribution in [1.29, 1.82) is 0 Å². The number of primary amides is 1. The third-order valence-electron chi connectivity index (χ3n) is 9.85. The summed E-state index contributed by atoms with van der Waals surface area (Å²) in [4.78, 5) is 32.1. The molecule has 4 N–H and O–H groups in total. The molecule has 1 fully saturated rings. The van der Waals surface area contributed by atoms with E-state index in [1.54, 1.807) is 13.2 Å². The van der Waals surface area contributed by atoms with Crippen LogP contribution >= 0.6 is 23.2 Å². The molecule has 10 nitrogen and oxygen atoms in total. The average molecular weight is 690 g/mol. The minimum atomic E-state index is -0.651. The second kappa shape index (κ2) is 12.7. The van der Waals surface area contributed by atoms with Crippen LogP contribution in [0.2, 0.25) is 10.0 Å². The number of hydrogen-bond acceptors (Lipinski definition) is 7. The first kappa shape index (κ1) is 32.5. The number of imidazole rings is 1. The number of amides is 2. The highest BCUT2D eigenvalue weighted by molar-refractivity contribution is 6.36. The van der Waals surface area contributed by atoms with Gasteiger partial charge in [-0.3, -0.25) is 14.9 Å². The number of ether oxygens (including phenoxy) is 2. The molecule has 2 amide bonds. The Bertz CT molecular complexity index is 1940. The SMILES string of the molecule is COc1cc(OC2CCc3c(-c4cccc(NC(=O)c5nc6c(n5C)CCN(C)C6)c4Cl)cccc32)c(Cl)cc1CNC1(C(N)=O)CC1. The molecule has 0 bridgehead atoms. The maximum Gasteiger partial charge on any atom is 0.291 e. The van der Waals surface area contributed by atoms with E-state index in [0.717, 1.165) is 84.4 Å². The van der Waals surface area contributed by atoms with Gasteiger partial charge in [0, 0.05) is 56.0 Å². The molecule has 3 aromatic carbocycles. The summed E-state index contributed by atoms with van der Waals surface area (Å²) >= 11 is 13.7. The first-order valence-corrected chi connectivity index (χ1v) is 16.9. The van der Waals surface area contributed by atoms with E-state index in [0.29, 0.717) is 39.6 Å². The molecule has 0 radical (unpaired) electrons. The van der Waals surface area contributed by atoms with Crippen molar-refractivity contribution in [3.8, 4) is 22.6 Å². The zero-order valence-electron chi connectivity index (χ0n) is 27.2. The number of halogens is 2. The molecular formula is C36H38Cl2N6O4. The number of rotatable bonds is 10. The van der Waals surface area contributed by atoms with Crippen molar-refractivity contribution in [3.63, 3.8) is 0 Å². The van der Waals surface area contributed by atoms with Crippen LogP contribution in [0, 0.1) is 0 Å². The van der Waals surface area contributed by atoms with Gasteiger partial charge in [-0.05, 0) is 61.6 Å². The number of carbonyl (C=O) groups excluding carboxylic acids is 2. The van der Waals surface area contributed by atoms with E-state index in [4.69, 9.17) is 38.4 Å². The zero-order valence-corrected chi connectivity index (χ0v) is 28.7. The molecule has 2 aliphatic carbocycles. The fourth-order valence-corrected chi connectivity index (χ4v) is 7.42. The van der Waals surface area contributed by atoms with Crippen LogP contribution < -0.4 is 25.8 Å². The zero-order chi connectivity index (χ0) is 33.7. The summed E-state index contributed by atoms with van der Waals surface area (Å²) in [6.45, 7) is 2.04. The summed E-state index contributed by atoms with van der Waals surface area (Å²) in [7, 11) is 5.54. The summed E-state index contributed by atoms with van der Waals surface area (Å²) < 4.78 is 14.1. The number of fused-ring (bicyclic) bond motifs is 2. The topological polar surface area (TPSA) is 124 Å². The average Bonchev–Trinajstić information content (AvgIpc) is 3.66. The molecule has 12 heteroatoms. The lowest BCUT2D eigenvalue weighted by atomic mass is 9.96. The van der Waals surface area contributed by atoms with Crippen LogP contribution in [0.25, 0.3) is 11.1 Å². The van der Waals surface area contributed by atoms with Gasteiger partial charge < -0.3 is 30.0 Å². The highest BCUT2D eigenvalue weighted by Crippen LogP contribution is 2.45. The van der Waals surface area contributed by atoms with Crippen LogP contribution in [0.3, 0.4) is 0 Å². The van der Waals surface area contributed by atoms with E-state index in [9.17, 15) is 9.59 Å². The number of nitrogens with two attached hydrogens (primary N) is 1. The number of hydrogen-bond donors (Lipinski definition) is 3. The first-order chi connectivity index (χ1) is 23.1. The quantitative estimate of drug-likeness (QED) is 0.192. The van der Waals surface area contributed by atoms with Gasteiger partial charge in [0.05, 0.1) is 34.1 Å². The van der Waals surface area contributed by atoms with Crippen molar-refractivity contribution in [2.24, 2.45) is 12.8 Å². The lowest BCUT2D eigenvalue weighted by Crippen LogP contribution is -2.43.